The number of likely N-dealkylation sites (tertiary alicyclic amines) is 1. The highest BCUT2D eigenvalue weighted by Crippen LogP contribution is 2.20. The Labute approximate surface area is 151 Å². The zero-order chi connectivity index (χ0) is 18.4. The number of rotatable bonds is 6. The van der Waals surface area contributed by atoms with Crippen LogP contribution in [0.3, 0.4) is 0 Å². The molecule has 0 radical (unpaired) electrons. The second-order valence-electron chi connectivity index (χ2n) is 7.09. The van der Waals surface area contributed by atoms with Gasteiger partial charge in [0.05, 0.1) is 6.04 Å². The standard InChI is InChI=1S/C20H31N3O2/c1-5-19(24)23-13-7-6-8-17(23)20(25)21-14-18(22(3)4)16-11-9-15(2)10-12-16/h9-12,17-18H,5-8,13-14H2,1-4H3,(H,21,25)/t17-,18+/m1/s1. The first-order valence-corrected chi connectivity index (χ1v) is 9.24. The molecule has 1 heterocycles. The second kappa shape index (κ2) is 8.99. The fourth-order valence-corrected chi connectivity index (χ4v) is 3.41. The van der Waals surface area contributed by atoms with Crippen LogP contribution in [0, 0.1) is 6.92 Å². The summed E-state index contributed by atoms with van der Waals surface area (Å²) in [6.45, 7) is 5.16. The Balaban J connectivity index is 2.02. The number of hydrogen-bond acceptors (Lipinski definition) is 3. The third kappa shape index (κ3) is 5.05. The van der Waals surface area contributed by atoms with Crippen molar-refractivity contribution in [2.75, 3.05) is 27.2 Å². The number of piperidine rings is 1. The van der Waals surface area contributed by atoms with Crippen LogP contribution in [0.1, 0.15) is 49.8 Å². The number of hydrogen-bond donors (Lipinski definition) is 1. The van der Waals surface area contributed by atoms with Gasteiger partial charge in [0.25, 0.3) is 0 Å². The Bertz CT molecular complexity index is 583. The van der Waals surface area contributed by atoms with Gasteiger partial charge in [-0.05, 0) is 45.8 Å². The minimum Gasteiger partial charge on any atom is -0.352 e. The number of nitrogens with one attached hydrogen (secondary N) is 1. The van der Waals surface area contributed by atoms with Gasteiger partial charge in [-0.3, -0.25) is 9.59 Å². The number of likely N-dealkylation sites (N-methyl/N-ethyl adjacent to an activating group) is 1. The predicted molar refractivity (Wildman–Crippen MR) is 100 cm³/mol. The molecule has 2 rings (SSSR count). The Morgan fingerprint density at radius 3 is 2.52 bits per heavy atom. The molecule has 25 heavy (non-hydrogen) atoms. The number of carbonyl (C=O) groups excluding carboxylic acids is 2. The van der Waals surface area contributed by atoms with Gasteiger partial charge >= 0.3 is 0 Å². The van der Waals surface area contributed by atoms with E-state index in [9.17, 15) is 9.59 Å². The van der Waals surface area contributed by atoms with Gasteiger partial charge in [-0.15, -0.1) is 0 Å². The Morgan fingerprint density at radius 2 is 1.92 bits per heavy atom. The molecule has 0 saturated carbocycles. The van der Waals surface area contributed by atoms with Gasteiger partial charge < -0.3 is 15.1 Å². The summed E-state index contributed by atoms with van der Waals surface area (Å²) in [5.74, 6) is 0.0444. The van der Waals surface area contributed by atoms with Crippen LogP contribution in [-0.4, -0.2) is 54.8 Å². The molecule has 1 aliphatic heterocycles. The summed E-state index contributed by atoms with van der Waals surface area (Å²) >= 11 is 0. The van der Waals surface area contributed by atoms with Gasteiger partial charge in [0.15, 0.2) is 0 Å². The van der Waals surface area contributed by atoms with Gasteiger partial charge in [-0.25, -0.2) is 0 Å². The van der Waals surface area contributed by atoms with Gasteiger partial charge in [-0.1, -0.05) is 36.8 Å². The maximum atomic E-state index is 12.7. The number of aryl methyl sites for hydroxylation is 1. The highest BCUT2D eigenvalue weighted by molar-refractivity contribution is 5.87. The molecule has 2 amide bonds. The van der Waals surface area contributed by atoms with Gasteiger partial charge in [0.2, 0.25) is 11.8 Å². The molecule has 1 aromatic carbocycles. The Kier molecular flexibility index (Phi) is 7.00. The molecule has 0 unspecified atom stereocenters. The topological polar surface area (TPSA) is 52.7 Å². The third-order valence-electron chi connectivity index (χ3n) is 4.98. The normalized spacial score (nSPS) is 18.9. The minimum atomic E-state index is -0.318. The van der Waals surface area contributed by atoms with Crippen LogP contribution in [0.2, 0.25) is 0 Å². The lowest BCUT2D eigenvalue weighted by Crippen LogP contribution is -2.52. The van der Waals surface area contributed by atoms with Gasteiger partial charge in [-0.2, -0.15) is 0 Å². The van der Waals surface area contributed by atoms with Crippen LogP contribution in [-0.2, 0) is 9.59 Å². The maximum Gasteiger partial charge on any atom is 0.242 e. The summed E-state index contributed by atoms with van der Waals surface area (Å²) in [4.78, 5) is 28.7. The molecular formula is C20H31N3O2. The van der Waals surface area contributed by atoms with E-state index >= 15 is 0 Å². The first kappa shape index (κ1) is 19.4. The van der Waals surface area contributed by atoms with Gasteiger partial charge in [0.1, 0.15) is 6.04 Å². The molecule has 1 fully saturated rings. The molecule has 2 atom stereocenters. The number of amides is 2. The molecule has 1 aliphatic rings. The van der Waals surface area contributed by atoms with Crippen molar-refractivity contribution in [2.45, 2.75) is 51.6 Å². The fraction of sp³-hybridized carbons (Fsp3) is 0.600. The summed E-state index contributed by atoms with van der Waals surface area (Å²) < 4.78 is 0. The predicted octanol–water partition coefficient (Wildman–Crippen LogP) is 2.51. The highest BCUT2D eigenvalue weighted by Gasteiger charge is 2.31. The molecule has 1 saturated heterocycles. The molecular weight excluding hydrogens is 314 g/mol. The van der Waals surface area contributed by atoms with Crippen LogP contribution in [0.25, 0.3) is 0 Å². The van der Waals surface area contributed by atoms with E-state index < -0.39 is 0 Å². The van der Waals surface area contributed by atoms with E-state index in [4.69, 9.17) is 0 Å². The van der Waals surface area contributed by atoms with Crippen molar-refractivity contribution in [3.63, 3.8) is 0 Å². The van der Waals surface area contributed by atoms with Gasteiger partial charge in [0, 0.05) is 19.5 Å². The molecule has 5 heteroatoms. The van der Waals surface area contributed by atoms with Crippen LogP contribution < -0.4 is 5.32 Å². The quantitative estimate of drug-likeness (QED) is 0.862. The van der Waals surface area contributed by atoms with Crippen LogP contribution in [0.4, 0.5) is 0 Å². The Morgan fingerprint density at radius 1 is 1.24 bits per heavy atom. The Hall–Kier alpha value is -1.88. The average Bonchev–Trinajstić information content (AvgIpc) is 2.62. The van der Waals surface area contributed by atoms with Crippen molar-refractivity contribution in [3.05, 3.63) is 35.4 Å². The molecule has 0 spiro atoms. The first-order chi connectivity index (χ1) is 11.9. The van der Waals surface area contributed by atoms with E-state index in [2.05, 4.69) is 41.4 Å². The van der Waals surface area contributed by atoms with Crippen LogP contribution >= 0.6 is 0 Å². The lowest BCUT2D eigenvalue weighted by Gasteiger charge is -2.35. The largest absolute Gasteiger partial charge is 0.352 e. The molecule has 0 aliphatic carbocycles. The molecule has 0 bridgehead atoms. The lowest BCUT2D eigenvalue weighted by molar-refractivity contribution is -0.142. The van der Waals surface area contributed by atoms with E-state index in [1.54, 1.807) is 4.90 Å². The van der Waals surface area contributed by atoms with Crippen LogP contribution in [0.5, 0.6) is 0 Å². The number of nitrogens with zero attached hydrogens (tertiary/aromatic N) is 2. The molecule has 1 aromatic rings. The second-order valence-corrected chi connectivity index (χ2v) is 7.09. The molecule has 0 aromatic heterocycles. The monoisotopic (exact) mass is 345 g/mol. The van der Waals surface area contributed by atoms with Crippen molar-refractivity contribution in [3.8, 4) is 0 Å². The van der Waals surface area contributed by atoms with E-state index in [-0.39, 0.29) is 23.9 Å². The summed E-state index contributed by atoms with van der Waals surface area (Å²) in [6.07, 6.45) is 3.20. The number of benzene rings is 1. The lowest BCUT2D eigenvalue weighted by atomic mass is 10.00. The zero-order valence-electron chi connectivity index (χ0n) is 15.9. The highest BCUT2D eigenvalue weighted by atomic mass is 16.2. The van der Waals surface area contributed by atoms with Crippen molar-refractivity contribution in [1.82, 2.24) is 15.1 Å². The van der Waals surface area contributed by atoms with E-state index in [0.29, 0.717) is 19.5 Å². The van der Waals surface area contributed by atoms with Crippen molar-refractivity contribution < 1.29 is 9.59 Å². The fourth-order valence-electron chi connectivity index (χ4n) is 3.41. The third-order valence-corrected chi connectivity index (χ3v) is 4.98. The van der Waals surface area contributed by atoms with Crippen molar-refractivity contribution in [1.29, 1.82) is 0 Å². The van der Waals surface area contributed by atoms with Crippen molar-refractivity contribution in [2.24, 2.45) is 0 Å². The van der Waals surface area contributed by atoms with Crippen molar-refractivity contribution >= 4 is 11.8 Å². The van der Waals surface area contributed by atoms with E-state index in [0.717, 1.165) is 19.3 Å². The smallest absolute Gasteiger partial charge is 0.242 e. The summed E-state index contributed by atoms with van der Waals surface area (Å²) in [5, 5.41) is 3.08. The molecule has 1 N–H and O–H groups in total. The summed E-state index contributed by atoms with van der Waals surface area (Å²) in [5.41, 5.74) is 2.40. The average molecular weight is 345 g/mol. The minimum absolute atomic E-state index is 0.0274. The first-order valence-electron chi connectivity index (χ1n) is 9.24. The SMILES string of the molecule is CCC(=O)N1CCCC[C@@H]1C(=O)NC[C@@H](c1ccc(C)cc1)N(C)C. The van der Waals surface area contributed by atoms with E-state index in [1.165, 1.54) is 11.1 Å². The molecule has 5 nitrogen and oxygen atoms in total. The van der Waals surface area contributed by atoms with Crippen LogP contribution in [0.15, 0.2) is 24.3 Å². The van der Waals surface area contributed by atoms with E-state index in [1.807, 2.05) is 21.0 Å². The summed E-state index contributed by atoms with van der Waals surface area (Å²) in [7, 11) is 4.04. The maximum absolute atomic E-state index is 12.7. The number of carbonyl (C=O) groups is 2. The zero-order valence-corrected chi connectivity index (χ0v) is 15.9. The summed E-state index contributed by atoms with van der Waals surface area (Å²) in [6, 6.07) is 8.21. The molecule has 138 valence electrons.